The van der Waals surface area contributed by atoms with Crippen molar-refractivity contribution in [2.24, 2.45) is 0 Å². The number of carbonyl (C=O) groups is 3. The van der Waals surface area contributed by atoms with Crippen LogP contribution in [0.25, 0.3) is 0 Å². The van der Waals surface area contributed by atoms with Gasteiger partial charge in [-0.15, -0.1) is 11.3 Å². The number of nitrogens with zero attached hydrogens (tertiary/aromatic N) is 2. The predicted octanol–water partition coefficient (Wildman–Crippen LogP) is 2.66. The van der Waals surface area contributed by atoms with E-state index < -0.39 is 12.1 Å². The van der Waals surface area contributed by atoms with Gasteiger partial charge in [-0.25, -0.2) is 9.78 Å². The Hall–Kier alpha value is -3.14. The van der Waals surface area contributed by atoms with Gasteiger partial charge in [0, 0.05) is 17.8 Å². The molecule has 1 aliphatic rings. The van der Waals surface area contributed by atoms with Crippen molar-refractivity contribution in [1.82, 2.24) is 15.2 Å². The summed E-state index contributed by atoms with van der Waals surface area (Å²) in [4.78, 5) is 43.6. The van der Waals surface area contributed by atoms with E-state index >= 15 is 0 Å². The van der Waals surface area contributed by atoms with Gasteiger partial charge in [-0.1, -0.05) is 6.07 Å². The fraction of sp³-hybridized carbons (Fsp3) is 0.429. The van der Waals surface area contributed by atoms with Gasteiger partial charge < -0.3 is 20.1 Å². The number of benzene rings is 1. The summed E-state index contributed by atoms with van der Waals surface area (Å²) < 4.78 is 10.5. The highest BCUT2D eigenvalue weighted by Crippen LogP contribution is 2.28. The molecule has 1 aromatic heterocycles. The van der Waals surface area contributed by atoms with Gasteiger partial charge in [-0.3, -0.25) is 14.5 Å². The first kappa shape index (κ1) is 22.5. The summed E-state index contributed by atoms with van der Waals surface area (Å²) >= 11 is 1.41. The lowest BCUT2D eigenvalue weighted by molar-refractivity contribution is -0.127. The Kier molecular flexibility index (Phi) is 7.11. The molecule has 0 saturated carbocycles. The second-order valence-corrected chi connectivity index (χ2v) is 8.38. The molecule has 0 aliphatic carbocycles. The first-order valence-corrected chi connectivity index (χ1v) is 10.7. The fourth-order valence-electron chi connectivity index (χ4n) is 3.24. The van der Waals surface area contributed by atoms with E-state index in [0.717, 1.165) is 16.1 Å². The lowest BCUT2D eigenvalue weighted by Gasteiger charge is -2.14. The number of carbonyl (C=O) groups excluding carboxylic acids is 3. The van der Waals surface area contributed by atoms with Gasteiger partial charge in [0.05, 0.1) is 19.9 Å². The number of nitrogens with one attached hydrogen (secondary N) is 2. The van der Waals surface area contributed by atoms with Crippen LogP contribution in [-0.2, 0) is 16.0 Å². The number of hydrogen-bond donors (Lipinski definition) is 2. The van der Waals surface area contributed by atoms with E-state index in [1.54, 1.807) is 20.3 Å². The molecule has 31 heavy (non-hydrogen) atoms. The molecule has 1 saturated heterocycles. The molecule has 0 spiro atoms. The number of imide groups is 1. The average molecular weight is 447 g/mol. The second-order valence-electron chi connectivity index (χ2n) is 7.18. The van der Waals surface area contributed by atoms with Crippen LogP contribution >= 0.6 is 11.3 Å². The zero-order valence-electron chi connectivity index (χ0n) is 18.0. The van der Waals surface area contributed by atoms with E-state index in [4.69, 9.17) is 9.47 Å². The number of urea groups is 1. The van der Waals surface area contributed by atoms with Crippen molar-refractivity contribution >= 4 is 34.3 Å². The summed E-state index contributed by atoms with van der Waals surface area (Å²) in [6.07, 6.45) is 0.819. The Labute approximate surface area is 184 Å². The molecule has 1 aromatic carbocycles. The fourth-order valence-corrected chi connectivity index (χ4v) is 4.08. The highest BCUT2D eigenvalue weighted by molar-refractivity contribution is 7.15. The minimum Gasteiger partial charge on any atom is -0.493 e. The topological polar surface area (TPSA) is 110 Å². The van der Waals surface area contributed by atoms with E-state index in [1.165, 1.54) is 16.2 Å². The number of hydrogen-bond acceptors (Lipinski definition) is 7. The molecule has 2 aromatic rings. The quantitative estimate of drug-likeness (QED) is 0.573. The third-order valence-electron chi connectivity index (χ3n) is 5.11. The highest BCUT2D eigenvalue weighted by Gasteiger charge is 2.37. The minimum absolute atomic E-state index is 0.109. The van der Waals surface area contributed by atoms with Gasteiger partial charge in [0.2, 0.25) is 5.91 Å². The minimum atomic E-state index is -0.705. The molecule has 1 aliphatic heterocycles. The van der Waals surface area contributed by atoms with Crippen LogP contribution in [-0.4, -0.2) is 54.5 Å². The molecule has 0 bridgehead atoms. The first-order chi connectivity index (χ1) is 14.8. The third kappa shape index (κ3) is 5.32. The maximum Gasteiger partial charge on any atom is 0.324 e. The Morgan fingerprint density at radius 1 is 1.23 bits per heavy atom. The Balaban J connectivity index is 1.51. The Bertz CT molecular complexity index is 971. The third-order valence-corrected chi connectivity index (χ3v) is 6.10. The van der Waals surface area contributed by atoms with Crippen molar-refractivity contribution in [1.29, 1.82) is 0 Å². The smallest absolute Gasteiger partial charge is 0.324 e. The van der Waals surface area contributed by atoms with Crippen LogP contribution in [0.2, 0.25) is 0 Å². The molecular formula is C21H26N4O5S. The molecule has 9 nitrogen and oxygen atoms in total. The molecule has 1 unspecified atom stereocenters. The largest absolute Gasteiger partial charge is 0.493 e. The number of thiazole rings is 1. The molecule has 2 heterocycles. The summed E-state index contributed by atoms with van der Waals surface area (Å²) in [7, 11) is 3.11. The molecule has 3 rings (SSSR count). The number of amides is 4. The van der Waals surface area contributed by atoms with Crippen molar-refractivity contribution in [2.45, 2.75) is 39.2 Å². The van der Waals surface area contributed by atoms with Crippen molar-refractivity contribution < 1.29 is 23.9 Å². The molecule has 10 heteroatoms. The molecule has 0 radical (unpaired) electrons. The number of aromatic nitrogens is 1. The normalized spacial score (nSPS) is 15.7. The van der Waals surface area contributed by atoms with Gasteiger partial charge in [0.15, 0.2) is 16.6 Å². The van der Waals surface area contributed by atoms with Crippen molar-refractivity contribution in [2.75, 3.05) is 26.1 Å². The second kappa shape index (κ2) is 9.78. The summed E-state index contributed by atoms with van der Waals surface area (Å²) in [5.41, 5.74) is 1.79. The standard InChI is InChI=1S/C21H26N4O5S/c1-12-13(2)31-20(22-12)24-18(26)8-6-15-19(27)25(21(28)23-15)10-9-14-5-7-16(29-3)17(11-14)30-4/h5,7,11,15H,6,8-10H2,1-4H3,(H,23,28)(H,22,24,26). The number of ether oxygens (including phenoxy) is 2. The molecule has 166 valence electrons. The van der Waals surface area contributed by atoms with E-state index in [9.17, 15) is 14.4 Å². The summed E-state index contributed by atoms with van der Waals surface area (Å²) in [5.74, 6) is 0.646. The number of methoxy groups -OCH3 is 2. The number of rotatable bonds is 9. The van der Waals surface area contributed by atoms with Gasteiger partial charge in [0.1, 0.15) is 6.04 Å². The summed E-state index contributed by atoms with van der Waals surface area (Å²) in [6.45, 7) is 4.05. The van der Waals surface area contributed by atoms with Gasteiger partial charge >= 0.3 is 6.03 Å². The lowest BCUT2D eigenvalue weighted by atomic mass is 10.1. The summed E-state index contributed by atoms with van der Waals surface area (Å²) in [6, 6.07) is 4.32. The van der Waals surface area contributed by atoms with Gasteiger partial charge in [-0.05, 0) is 44.4 Å². The van der Waals surface area contributed by atoms with Gasteiger partial charge in [-0.2, -0.15) is 0 Å². The van der Waals surface area contributed by atoms with Crippen molar-refractivity contribution in [3.63, 3.8) is 0 Å². The van der Waals surface area contributed by atoms with E-state index in [1.807, 2.05) is 26.0 Å². The maximum absolute atomic E-state index is 12.6. The molecule has 2 N–H and O–H groups in total. The van der Waals surface area contributed by atoms with Crippen LogP contribution in [0.5, 0.6) is 11.5 Å². The Morgan fingerprint density at radius 2 is 1.97 bits per heavy atom. The first-order valence-electron chi connectivity index (χ1n) is 9.89. The van der Waals surface area contributed by atoms with Crippen LogP contribution < -0.4 is 20.1 Å². The zero-order valence-corrected chi connectivity index (χ0v) is 18.8. The maximum atomic E-state index is 12.6. The molecular weight excluding hydrogens is 420 g/mol. The monoisotopic (exact) mass is 446 g/mol. The van der Waals surface area contributed by atoms with Crippen LogP contribution in [0.15, 0.2) is 18.2 Å². The zero-order chi connectivity index (χ0) is 22.5. The van der Waals surface area contributed by atoms with E-state index in [-0.39, 0.29) is 31.2 Å². The van der Waals surface area contributed by atoms with Crippen LogP contribution in [0.1, 0.15) is 29.0 Å². The lowest BCUT2D eigenvalue weighted by Crippen LogP contribution is -2.33. The van der Waals surface area contributed by atoms with Crippen LogP contribution in [0, 0.1) is 13.8 Å². The summed E-state index contributed by atoms with van der Waals surface area (Å²) in [5, 5.41) is 5.94. The highest BCUT2D eigenvalue weighted by atomic mass is 32.1. The predicted molar refractivity (Wildman–Crippen MR) is 117 cm³/mol. The van der Waals surface area contributed by atoms with Crippen LogP contribution in [0.3, 0.4) is 0 Å². The van der Waals surface area contributed by atoms with Crippen LogP contribution in [0.4, 0.5) is 9.93 Å². The number of aryl methyl sites for hydroxylation is 2. The van der Waals surface area contributed by atoms with Crippen molar-refractivity contribution in [3.05, 3.63) is 34.3 Å². The number of anilines is 1. The molecule has 1 atom stereocenters. The SMILES string of the molecule is COc1ccc(CCN2C(=O)NC(CCC(=O)Nc3nc(C)c(C)s3)C2=O)cc1OC. The molecule has 1 fully saturated rings. The van der Waals surface area contributed by atoms with E-state index in [2.05, 4.69) is 15.6 Å². The van der Waals surface area contributed by atoms with E-state index in [0.29, 0.717) is 23.1 Å². The average Bonchev–Trinajstić information content (AvgIpc) is 3.21. The van der Waals surface area contributed by atoms with Gasteiger partial charge in [0.25, 0.3) is 5.91 Å². The van der Waals surface area contributed by atoms with Crippen molar-refractivity contribution in [3.8, 4) is 11.5 Å². The Morgan fingerprint density at radius 3 is 2.61 bits per heavy atom. The molecule has 4 amide bonds.